The number of methoxy groups -OCH3 is 1. The number of hydrogen-bond acceptors (Lipinski definition) is 4. The molecule has 0 unspecified atom stereocenters. The highest BCUT2D eigenvalue weighted by Crippen LogP contribution is 2.28. The summed E-state index contributed by atoms with van der Waals surface area (Å²) in [6.07, 6.45) is 3.93. The van der Waals surface area contributed by atoms with E-state index in [1.54, 1.807) is 26.1 Å². The van der Waals surface area contributed by atoms with Gasteiger partial charge in [0.15, 0.2) is 0 Å². The first-order valence-corrected chi connectivity index (χ1v) is 10.9. The molecule has 2 amide bonds. The number of carbonyl (C=O) groups excluding carboxylic acids is 2. The van der Waals surface area contributed by atoms with Crippen LogP contribution in [0.4, 0.5) is 0 Å². The average Bonchev–Trinajstić information content (AvgIpc) is 2.81. The number of nitrogens with one attached hydrogen (secondary N) is 2. The molecule has 2 aromatic carbocycles. The summed E-state index contributed by atoms with van der Waals surface area (Å²) < 4.78 is 5.51. The molecular formula is C25H34ClN3O3. The Morgan fingerprint density at radius 2 is 1.62 bits per heavy atom. The fourth-order valence-corrected chi connectivity index (χ4v) is 4.13. The number of rotatable bonds is 7. The lowest BCUT2D eigenvalue weighted by Crippen LogP contribution is -2.37. The van der Waals surface area contributed by atoms with Crippen molar-refractivity contribution in [1.82, 2.24) is 15.5 Å². The van der Waals surface area contributed by atoms with Crippen LogP contribution in [-0.4, -0.2) is 51.0 Å². The van der Waals surface area contributed by atoms with Crippen molar-refractivity contribution in [3.8, 4) is 16.9 Å². The Kier molecular flexibility index (Phi) is 9.54. The van der Waals surface area contributed by atoms with Crippen LogP contribution in [0.5, 0.6) is 5.75 Å². The van der Waals surface area contributed by atoms with Gasteiger partial charge < -0.3 is 20.3 Å². The van der Waals surface area contributed by atoms with Gasteiger partial charge in [0.05, 0.1) is 7.11 Å². The van der Waals surface area contributed by atoms with E-state index in [-0.39, 0.29) is 30.1 Å². The van der Waals surface area contributed by atoms with Crippen LogP contribution in [0.3, 0.4) is 0 Å². The summed E-state index contributed by atoms with van der Waals surface area (Å²) in [5.41, 5.74) is 3.62. The summed E-state index contributed by atoms with van der Waals surface area (Å²) in [7, 11) is 7.11. The van der Waals surface area contributed by atoms with Gasteiger partial charge >= 0.3 is 0 Å². The highest BCUT2D eigenvalue weighted by molar-refractivity contribution is 5.94. The van der Waals surface area contributed by atoms with Gasteiger partial charge in [0.25, 0.3) is 5.91 Å². The minimum atomic E-state index is -0.0200. The molecular weight excluding hydrogens is 426 g/mol. The van der Waals surface area contributed by atoms with Crippen LogP contribution < -0.4 is 15.4 Å². The van der Waals surface area contributed by atoms with Gasteiger partial charge in [0, 0.05) is 43.7 Å². The Morgan fingerprint density at radius 1 is 1.00 bits per heavy atom. The summed E-state index contributed by atoms with van der Waals surface area (Å²) in [5, 5.41) is 6.41. The molecule has 6 nitrogen and oxygen atoms in total. The van der Waals surface area contributed by atoms with Crippen molar-refractivity contribution < 1.29 is 14.3 Å². The summed E-state index contributed by atoms with van der Waals surface area (Å²) in [6.45, 7) is 0.430. The third-order valence-electron chi connectivity index (χ3n) is 6.11. The maximum absolute atomic E-state index is 12.7. The predicted octanol–water partition coefficient (Wildman–Crippen LogP) is 3.88. The maximum atomic E-state index is 12.7. The molecule has 0 atom stereocenters. The number of benzene rings is 2. The number of carbonyl (C=O) groups is 2. The van der Waals surface area contributed by atoms with Crippen LogP contribution in [0, 0.1) is 5.92 Å². The van der Waals surface area contributed by atoms with Gasteiger partial charge in [-0.3, -0.25) is 9.59 Å². The van der Waals surface area contributed by atoms with E-state index < -0.39 is 0 Å². The van der Waals surface area contributed by atoms with Gasteiger partial charge in [0.1, 0.15) is 5.75 Å². The van der Waals surface area contributed by atoms with E-state index in [1.807, 2.05) is 49.5 Å². The number of nitrogens with zero attached hydrogens (tertiary/aromatic N) is 1. The topological polar surface area (TPSA) is 70.7 Å². The minimum Gasteiger partial charge on any atom is -0.496 e. The van der Waals surface area contributed by atoms with E-state index >= 15 is 0 Å². The molecule has 0 bridgehead atoms. The first-order chi connectivity index (χ1) is 14.9. The van der Waals surface area contributed by atoms with Crippen molar-refractivity contribution in [3.05, 3.63) is 53.6 Å². The second-order valence-electron chi connectivity index (χ2n) is 8.36. The van der Waals surface area contributed by atoms with Crippen LogP contribution in [0.15, 0.2) is 42.5 Å². The van der Waals surface area contributed by atoms with E-state index in [2.05, 4.69) is 10.6 Å². The van der Waals surface area contributed by atoms with Crippen molar-refractivity contribution in [2.45, 2.75) is 38.3 Å². The predicted molar refractivity (Wildman–Crippen MR) is 130 cm³/mol. The van der Waals surface area contributed by atoms with Crippen molar-refractivity contribution in [3.63, 3.8) is 0 Å². The molecule has 0 aromatic heterocycles. The second kappa shape index (κ2) is 11.9. The highest BCUT2D eigenvalue weighted by Gasteiger charge is 2.25. The summed E-state index contributed by atoms with van der Waals surface area (Å²) >= 11 is 0. The van der Waals surface area contributed by atoms with Gasteiger partial charge in [-0.25, -0.2) is 0 Å². The van der Waals surface area contributed by atoms with E-state index in [9.17, 15) is 9.59 Å². The fourth-order valence-electron chi connectivity index (χ4n) is 4.13. The zero-order valence-corrected chi connectivity index (χ0v) is 20.1. The molecule has 3 rings (SSSR count). The maximum Gasteiger partial charge on any atom is 0.253 e. The molecule has 1 saturated carbocycles. The first kappa shape index (κ1) is 25.7. The highest BCUT2D eigenvalue weighted by atomic mass is 35.5. The molecule has 0 aliphatic heterocycles. The lowest BCUT2D eigenvalue weighted by atomic mass is 9.85. The Hall–Kier alpha value is -2.57. The molecule has 7 heteroatoms. The Balaban J connectivity index is 0.00000363. The third kappa shape index (κ3) is 6.24. The zero-order valence-electron chi connectivity index (χ0n) is 19.3. The molecule has 0 heterocycles. The Morgan fingerprint density at radius 3 is 2.19 bits per heavy atom. The molecule has 1 aliphatic rings. The average molecular weight is 460 g/mol. The second-order valence-corrected chi connectivity index (χ2v) is 8.36. The lowest BCUT2D eigenvalue weighted by molar-refractivity contribution is -0.126. The van der Waals surface area contributed by atoms with E-state index in [4.69, 9.17) is 4.74 Å². The van der Waals surface area contributed by atoms with Crippen LogP contribution in [0.25, 0.3) is 11.1 Å². The smallest absolute Gasteiger partial charge is 0.253 e. The van der Waals surface area contributed by atoms with Gasteiger partial charge in [-0.05, 0) is 68.1 Å². The van der Waals surface area contributed by atoms with E-state index in [0.29, 0.717) is 18.2 Å². The summed E-state index contributed by atoms with van der Waals surface area (Å²) in [4.78, 5) is 26.3. The Labute approximate surface area is 197 Å². The Bertz CT molecular complexity index is 907. The van der Waals surface area contributed by atoms with Gasteiger partial charge in [-0.2, -0.15) is 0 Å². The van der Waals surface area contributed by atoms with Crippen molar-refractivity contribution in [2.75, 3.05) is 28.3 Å². The number of hydrogen-bond donors (Lipinski definition) is 2. The van der Waals surface area contributed by atoms with Crippen molar-refractivity contribution in [1.29, 1.82) is 0 Å². The van der Waals surface area contributed by atoms with E-state index in [1.165, 1.54) is 0 Å². The minimum absolute atomic E-state index is 0. The first-order valence-electron chi connectivity index (χ1n) is 10.9. The standard InChI is InChI=1S/C25H33N3O3.ClH/c1-26-22-12-9-18(10-13-22)24(29)27-16-21-15-20(11-14-23(21)31-4)17-5-7-19(8-6-17)25(30)28(2)3;/h5-8,11,14-15,18,22,26H,9-10,12-13,16H2,1-4H3,(H,27,29);1H. The molecule has 0 spiro atoms. The van der Waals surface area contributed by atoms with Crippen molar-refractivity contribution in [2.24, 2.45) is 5.92 Å². The molecule has 32 heavy (non-hydrogen) atoms. The van der Waals surface area contributed by atoms with Gasteiger partial charge in [-0.15, -0.1) is 12.4 Å². The monoisotopic (exact) mass is 459 g/mol. The number of halogens is 1. The molecule has 2 N–H and O–H groups in total. The van der Waals surface area contributed by atoms with Crippen LogP contribution in [-0.2, 0) is 11.3 Å². The molecule has 0 saturated heterocycles. The van der Waals surface area contributed by atoms with Gasteiger partial charge in [-0.1, -0.05) is 18.2 Å². The largest absolute Gasteiger partial charge is 0.496 e. The molecule has 1 fully saturated rings. The molecule has 174 valence electrons. The normalized spacial score (nSPS) is 17.8. The molecule has 0 radical (unpaired) electrons. The van der Waals surface area contributed by atoms with Crippen molar-refractivity contribution >= 4 is 24.2 Å². The third-order valence-corrected chi connectivity index (χ3v) is 6.11. The summed E-state index contributed by atoms with van der Waals surface area (Å²) in [5.74, 6) is 0.935. The van der Waals surface area contributed by atoms with Crippen LogP contribution in [0.2, 0.25) is 0 Å². The quantitative estimate of drug-likeness (QED) is 0.659. The lowest BCUT2D eigenvalue weighted by Gasteiger charge is -2.27. The SMILES string of the molecule is CNC1CCC(C(=O)NCc2cc(-c3ccc(C(=O)N(C)C)cc3)ccc2OC)CC1.Cl. The number of ether oxygens (including phenoxy) is 1. The molecule has 2 aromatic rings. The molecule has 1 aliphatic carbocycles. The van der Waals surface area contributed by atoms with Crippen LogP contribution in [0.1, 0.15) is 41.6 Å². The zero-order chi connectivity index (χ0) is 22.4. The summed E-state index contributed by atoms with van der Waals surface area (Å²) in [6, 6.07) is 14.1. The van der Waals surface area contributed by atoms with Crippen LogP contribution >= 0.6 is 12.4 Å². The van der Waals surface area contributed by atoms with E-state index in [0.717, 1.165) is 48.1 Å². The fraction of sp³-hybridized carbons (Fsp3) is 0.440. The van der Waals surface area contributed by atoms with Gasteiger partial charge in [0.2, 0.25) is 5.91 Å². The number of amides is 2.